The number of nitrogens with zero attached hydrogens (tertiary/aromatic N) is 2. The maximum atomic E-state index is 4.20. The van der Waals surface area contributed by atoms with Gasteiger partial charge in [0.15, 0.2) is 0 Å². The van der Waals surface area contributed by atoms with Crippen molar-refractivity contribution < 1.29 is 0 Å². The van der Waals surface area contributed by atoms with Crippen molar-refractivity contribution in [2.24, 2.45) is 18.9 Å². The predicted octanol–water partition coefficient (Wildman–Crippen LogP) is 2.23. The summed E-state index contributed by atoms with van der Waals surface area (Å²) in [5.74, 6) is 1.39. The first-order valence-electron chi connectivity index (χ1n) is 6.20. The van der Waals surface area contributed by atoms with Gasteiger partial charge >= 0.3 is 0 Å². The molecule has 0 saturated carbocycles. The quantitative estimate of drug-likeness (QED) is 0.801. The Morgan fingerprint density at radius 1 is 1.25 bits per heavy atom. The Labute approximate surface area is 99.2 Å². The van der Waals surface area contributed by atoms with Crippen LogP contribution in [0.5, 0.6) is 0 Å². The molecule has 1 aromatic heterocycles. The van der Waals surface area contributed by atoms with Gasteiger partial charge in [-0.05, 0) is 30.4 Å². The summed E-state index contributed by atoms with van der Waals surface area (Å²) in [6, 6.07) is 0.577. The molecule has 0 aromatic carbocycles. The van der Waals surface area contributed by atoms with E-state index in [2.05, 4.69) is 44.3 Å². The predicted molar refractivity (Wildman–Crippen MR) is 68.4 cm³/mol. The van der Waals surface area contributed by atoms with Crippen LogP contribution in [0.2, 0.25) is 0 Å². The number of rotatable bonds is 6. The summed E-state index contributed by atoms with van der Waals surface area (Å²) in [6.45, 7) is 10.1. The molecule has 1 heterocycles. The molecule has 0 spiro atoms. The van der Waals surface area contributed by atoms with E-state index in [9.17, 15) is 0 Å². The molecule has 16 heavy (non-hydrogen) atoms. The van der Waals surface area contributed by atoms with Gasteiger partial charge in [-0.2, -0.15) is 5.10 Å². The number of hydrogen-bond acceptors (Lipinski definition) is 2. The first-order chi connectivity index (χ1) is 7.49. The van der Waals surface area contributed by atoms with E-state index < -0.39 is 0 Å². The van der Waals surface area contributed by atoms with E-state index in [1.807, 2.05) is 17.9 Å². The van der Waals surface area contributed by atoms with Gasteiger partial charge in [0.1, 0.15) is 0 Å². The number of nitrogens with one attached hydrogen (secondary N) is 1. The van der Waals surface area contributed by atoms with Crippen molar-refractivity contribution in [2.75, 3.05) is 6.54 Å². The van der Waals surface area contributed by atoms with Crippen LogP contribution in [0.3, 0.4) is 0 Å². The van der Waals surface area contributed by atoms with E-state index in [4.69, 9.17) is 0 Å². The van der Waals surface area contributed by atoms with Crippen molar-refractivity contribution >= 4 is 0 Å². The second-order valence-corrected chi connectivity index (χ2v) is 5.24. The third-order valence-corrected chi connectivity index (χ3v) is 3.14. The highest BCUT2D eigenvalue weighted by molar-refractivity contribution is 5.04. The zero-order valence-corrected chi connectivity index (χ0v) is 11.2. The zero-order valence-electron chi connectivity index (χ0n) is 11.2. The fourth-order valence-corrected chi connectivity index (χ4v) is 1.77. The number of hydrogen-bond donors (Lipinski definition) is 1. The van der Waals surface area contributed by atoms with Crippen LogP contribution in [0.25, 0.3) is 0 Å². The molecule has 2 atom stereocenters. The van der Waals surface area contributed by atoms with Crippen molar-refractivity contribution in [1.82, 2.24) is 15.1 Å². The Hall–Kier alpha value is -0.830. The van der Waals surface area contributed by atoms with Crippen molar-refractivity contribution in [2.45, 2.75) is 40.2 Å². The fourth-order valence-electron chi connectivity index (χ4n) is 1.77. The summed E-state index contributed by atoms with van der Waals surface area (Å²) in [4.78, 5) is 0. The smallest absolute Gasteiger partial charge is 0.0521 e. The van der Waals surface area contributed by atoms with E-state index in [-0.39, 0.29) is 0 Å². The summed E-state index contributed by atoms with van der Waals surface area (Å²) in [5.41, 5.74) is 1.34. The van der Waals surface area contributed by atoms with Crippen molar-refractivity contribution in [3.05, 3.63) is 18.0 Å². The topological polar surface area (TPSA) is 29.9 Å². The Morgan fingerprint density at radius 2 is 1.94 bits per heavy atom. The van der Waals surface area contributed by atoms with Crippen molar-refractivity contribution in [3.8, 4) is 0 Å². The van der Waals surface area contributed by atoms with Crippen LogP contribution < -0.4 is 5.32 Å². The second-order valence-electron chi connectivity index (χ2n) is 5.24. The maximum absolute atomic E-state index is 4.20. The van der Waals surface area contributed by atoms with Gasteiger partial charge in [0.2, 0.25) is 0 Å². The molecule has 0 bridgehead atoms. The molecule has 0 aliphatic carbocycles. The molecule has 0 radical (unpaired) electrons. The maximum Gasteiger partial charge on any atom is 0.0521 e. The summed E-state index contributed by atoms with van der Waals surface area (Å²) in [7, 11) is 1.97. The second kappa shape index (κ2) is 6.04. The van der Waals surface area contributed by atoms with Gasteiger partial charge in [-0.3, -0.25) is 4.68 Å². The summed E-state index contributed by atoms with van der Waals surface area (Å²) >= 11 is 0. The zero-order chi connectivity index (χ0) is 12.1. The van der Waals surface area contributed by atoms with Crippen LogP contribution in [-0.2, 0) is 13.5 Å². The Morgan fingerprint density at radius 3 is 2.44 bits per heavy atom. The lowest BCUT2D eigenvalue weighted by Crippen LogP contribution is -2.30. The monoisotopic (exact) mass is 223 g/mol. The molecule has 0 amide bonds. The largest absolute Gasteiger partial charge is 0.314 e. The highest BCUT2D eigenvalue weighted by Crippen LogP contribution is 2.16. The number of aryl methyl sites for hydroxylation is 1. The Balaban J connectivity index is 2.36. The molecule has 0 fully saturated rings. The van der Waals surface area contributed by atoms with E-state index in [1.54, 1.807) is 0 Å². The van der Waals surface area contributed by atoms with Crippen LogP contribution >= 0.6 is 0 Å². The fraction of sp³-hybridized carbons (Fsp3) is 0.769. The molecular formula is C13H25N3. The lowest BCUT2D eigenvalue weighted by Gasteiger charge is -2.21. The minimum Gasteiger partial charge on any atom is -0.314 e. The Bertz CT molecular complexity index is 304. The van der Waals surface area contributed by atoms with E-state index in [1.165, 1.54) is 5.56 Å². The summed E-state index contributed by atoms with van der Waals surface area (Å²) in [5, 5.41) is 7.70. The molecule has 1 rings (SSSR count). The van der Waals surface area contributed by atoms with Gasteiger partial charge in [0.05, 0.1) is 6.20 Å². The van der Waals surface area contributed by atoms with Crippen LogP contribution in [0.15, 0.2) is 12.4 Å². The van der Waals surface area contributed by atoms with Gasteiger partial charge in [-0.25, -0.2) is 0 Å². The van der Waals surface area contributed by atoms with Gasteiger partial charge in [0.25, 0.3) is 0 Å². The first kappa shape index (κ1) is 13.2. The molecule has 3 nitrogen and oxygen atoms in total. The molecule has 0 aliphatic rings. The van der Waals surface area contributed by atoms with E-state index in [0.29, 0.717) is 17.9 Å². The lowest BCUT2D eigenvalue weighted by molar-refractivity contribution is 0.354. The molecule has 92 valence electrons. The average Bonchev–Trinajstić information content (AvgIpc) is 2.60. The molecule has 1 aromatic rings. The first-order valence-corrected chi connectivity index (χ1v) is 6.20. The van der Waals surface area contributed by atoms with Gasteiger partial charge in [-0.15, -0.1) is 0 Å². The molecule has 0 saturated heterocycles. The summed E-state index contributed by atoms with van der Waals surface area (Å²) in [6.07, 6.45) is 5.20. The molecule has 3 heteroatoms. The van der Waals surface area contributed by atoms with Gasteiger partial charge in [0, 0.05) is 19.3 Å². The molecule has 2 unspecified atom stereocenters. The average molecular weight is 223 g/mol. The van der Waals surface area contributed by atoms with Crippen LogP contribution in [-0.4, -0.2) is 22.4 Å². The summed E-state index contributed by atoms with van der Waals surface area (Å²) < 4.78 is 1.87. The highest BCUT2D eigenvalue weighted by atomic mass is 15.2. The lowest BCUT2D eigenvalue weighted by atomic mass is 9.90. The number of aromatic nitrogens is 2. The van der Waals surface area contributed by atoms with Crippen molar-refractivity contribution in [1.29, 1.82) is 0 Å². The highest BCUT2D eigenvalue weighted by Gasteiger charge is 2.13. The Kier molecular flexibility index (Phi) is 5.00. The minimum atomic E-state index is 0.577. The van der Waals surface area contributed by atoms with Crippen LogP contribution in [0, 0.1) is 11.8 Å². The van der Waals surface area contributed by atoms with E-state index in [0.717, 1.165) is 13.0 Å². The third kappa shape index (κ3) is 4.35. The van der Waals surface area contributed by atoms with Gasteiger partial charge < -0.3 is 5.32 Å². The minimum absolute atomic E-state index is 0.577. The standard InChI is InChI=1S/C13H25N3/c1-10(2)14-7-12(4)11(3)6-13-8-15-16(5)9-13/h8-12,14H,6-7H2,1-5H3. The van der Waals surface area contributed by atoms with E-state index >= 15 is 0 Å². The van der Waals surface area contributed by atoms with Crippen LogP contribution in [0.4, 0.5) is 0 Å². The normalized spacial score (nSPS) is 15.4. The molecular weight excluding hydrogens is 198 g/mol. The van der Waals surface area contributed by atoms with Crippen molar-refractivity contribution in [3.63, 3.8) is 0 Å². The SMILES string of the molecule is CC(C)NCC(C)C(C)Cc1cnn(C)c1. The van der Waals surface area contributed by atoms with Crippen LogP contribution in [0.1, 0.15) is 33.3 Å². The van der Waals surface area contributed by atoms with Gasteiger partial charge in [-0.1, -0.05) is 27.7 Å². The third-order valence-electron chi connectivity index (χ3n) is 3.14. The molecule has 0 aliphatic heterocycles. The molecule has 1 N–H and O–H groups in total.